The summed E-state index contributed by atoms with van der Waals surface area (Å²) in [6, 6.07) is 0. The molecule has 20 heavy (non-hydrogen) atoms. The van der Waals surface area contributed by atoms with Crippen molar-refractivity contribution in [3.8, 4) is 0 Å². The zero-order valence-corrected chi connectivity index (χ0v) is 14.6. The van der Waals surface area contributed by atoms with Gasteiger partial charge in [-0.2, -0.15) is 0 Å². The highest BCUT2D eigenvalue weighted by Crippen LogP contribution is 2.43. The van der Waals surface area contributed by atoms with E-state index in [0.29, 0.717) is 11.0 Å². The van der Waals surface area contributed by atoms with Crippen LogP contribution in [0.3, 0.4) is 0 Å². The third kappa shape index (κ3) is 3.72. The summed E-state index contributed by atoms with van der Waals surface area (Å²) in [5.74, 6) is 1.98. The van der Waals surface area contributed by atoms with E-state index < -0.39 is 0 Å². The first kappa shape index (κ1) is 16.2. The van der Waals surface area contributed by atoms with Crippen molar-refractivity contribution in [2.75, 3.05) is 12.3 Å². The molecule has 116 valence electrons. The SMILES string of the molecule is CCC1(CC)CSC(=NCC2(CC(C)C)CCCC2)N1. The Labute approximate surface area is 129 Å². The van der Waals surface area contributed by atoms with Crippen LogP contribution >= 0.6 is 11.8 Å². The minimum absolute atomic E-state index is 0.310. The molecule has 1 N–H and O–H groups in total. The Kier molecular flexibility index (Phi) is 5.44. The molecule has 2 rings (SSSR count). The highest BCUT2D eigenvalue weighted by atomic mass is 32.2. The van der Waals surface area contributed by atoms with Crippen LogP contribution < -0.4 is 5.32 Å². The fourth-order valence-electron chi connectivity index (χ4n) is 3.88. The number of nitrogens with zero attached hydrogens (tertiary/aromatic N) is 1. The maximum Gasteiger partial charge on any atom is 0.157 e. The van der Waals surface area contributed by atoms with Crippen LogP contribution in [0.5, 0.6) is 0 Å². The Hall–Kier alpha value is -0.180. The number of thioether (sulfide) groups is 1. The van der Waals surface area contributed by atoms with Gasteiger partial charge in [0.1, 0.15) is 0 Å². The molecule has 0 aromatic rings. The zero-order valence-electron chi connectivity index (χ0n) is 13.8. The molecular weight excluding hydrogens is 264 g/mol. The van der Waals surface area contributed by atoms with E-state index in [1.165, 1.54) is 55.9 Å². The summed E-state index contributed by atoms with van der Waals surface area (Å²) >= 11 is 1.94. The van der Waals surface area contributed by atoms with E-state index >= 15 is 0 Å². The quantitative estimate of drug-likeness (QED) is 0.758. The lowest BCUT2D eigenvalue weighted by Crippen LogP contribution is -2.42. The summed E-state index contributed by atoms with van der Waals surface area (Å²) in [5.41, 5.74) is 0.817. The van der Waals surface area contributed by atoms with Gasteiger partial charge in [0.25, 0.3) is 0 Å². The minimum atomic E-state index is 0.310. The second kappa shape index (κ2) is 6.72. The normalized spacial score (nSPS) is 26.4. The molecule has 2 fully saturated rings. The fourth-order valence-corrected chi connectivity index (χ4v) is 5.22. The van der Waals surface area contributed by atoms with Crippen LogP contribution in [0, 0.1) is 11.3 Å². The second-order valence-electron chi connectivity index (χ2n) is 7.33. The lowest BCUT2D eigenvalue weighted by Gasteiger charge is -2.29. The molecule has 0 radical (unpaired) electrons. The molecule has 3 heteroatoms. The van der Waals surface area contributed by atoms with Crippen LogP contribution in [-0.4, -0.2) is 23.0 Å². The first-order valence-corrected chi connectivity index (χ1v) is 9.47. The first-order valence-electron chi connectivity index (χ1n) is 8.48. The topological polar surface area (TPSA) is 24.4 Å². The lowest BCUT2D eigenvalue weighted by atomic mass is 9.79. The van der Waals surface area contributed by atoms with Gasteiger partial charge in [0.05, 0.1) is 0 Å². The molecule has 2 aliphatic rings. The number of hydrogen-bond donors (Lipinski definition) is 1. The Morgan fingerprint density at radius 2 is 1.85 bits per heavy atom. The van der Waals surface area contributed by atoms with E-state index in [-0.39, 0.29) is 0 Å². The molecule has 0 aromatic heterocycles. The van der Waals surface area contributed by atoms with Crippen molar-refractivity contribution in [3.05, 3.63) is 0 Å². The van der Waals surface area contributed by atoms with Crippen LogP contribution in [0.25, 0.3) is 0 Å². The lowest BCUT2D eigenvalue weighted by molar-refractivity contribution is 0.245. The van der Waals surface area contributed by atoms with Crippen molar-refractivity contribution >= 4 is 16.9 Å². The Morgan fingerprint density at radius 1 is 1.20 bits per heavy atom. The van der Waals surface area contributed by atoms with Gasteiger partial charge in [-0.25, -0.2) is 0 Å². The molecule has 1 saturated carbocycles. The average Bonchev–Trinajstić information content (AvgIpc) is 3.04. The van der Waals surface area contributed by atoms with Crippen LogP contribution in [0.1, 0.15) is 72.6 Å². The van der Waals surface area contributed by atoms with Gasteiger partial charge in [-0.1, -0.05) is 52.3 Å². The van der Waals surface area contributed by atoms with E-state index in [1.54, 1.807) is 0 Å². The van der Waals surface area contributed by atoms with Gasteiger partial charge in [0.2, 0.25) is 0 Å². The van der Waals surface area contributed by atoms with E-state index in [2.05, 4.69) is 33.0 Å². The highest BCUT2D eigenvalue weighted by Gasteiger charge is 2.36. The molecule has 0 bridgehead atoms. The van der Waals surface area contributed by atoms with Crippen LogP contribution in [0.4, 0.5) is 0 Å². The highest BCUT2D eigenvalue weighted by molar-refractivity contribution is 8.14. The van der Waals surface area contributed by atoms with Gasteiger partial charge in [0.15, 0.2) is 5.17 Å². The molecular formula is C17H32N2S. The summed E-state index contributed by atoms with van der Waals surface area (Å²) < 4.78 is 0. The summed E-state index contributed by atoms with van der Waals surface area (Å²) in [6.45, 7) is 10.3. The van der Waals surface area contributed by atoms with Gasteiger partial charge >= 0.3 is 0 Å². The smallest absolute Gasteiger partial charge is 0.157 e. The third-order valence-corrected chi connectivity index (χ3v) is 6.48. The van der Waals surface area contributed by atoms with Crippen molar-refractivity contribution < 1.29 is 0 Å². The van der Waals surface area contributed by atoms with Gasteiger partial charge in [-0.05, 0) is 43.4 Å². The minimum Gasteiger partial charge on any atom is -0.359 e. The predicted octanol–water partition coefficient (Wildman–Crippen LogP) is 4.84. The van der Waals surface area contributed by atoms with E-state index in [0.717, 1.165) is 12.5 Å². The third-order valence-electron chi connectivity index (χ3n) is 5.27. The molecule has 2 nitrogen and oxygen atoms in total. The molecule has 1 saturated heterocycles. The Balaban J connectivity index is 1.97. The van der Waals surface area contributed by atoms with Crippen molar-refractivity contribution in [3.63, 3.8) is 0 Å². The maximum atomic E-state index is 4.99. The predicted molar refractivity (Wildman–Crippen MR) is 91.6 cm³/mol. The number of aliphatic imine (C=N–C) groups is 1. The van der Waals surface area contributed by atoms with Gasteiger partial charge in [-0.3, -0.25) is 4.99 Å². The van der Waals surface area contributed by atoms with E-state index in [1.807, 2.05) is 11.8 Å². The second-order valence-corrected chi connectivity index (χ2v) is 8.29. The molecule has 1 aliphatic carbocycles. The first-order chi connectivity index (χ1) is 9.53. The van der Waals surface area contributed by atoms with Crippen molar-refractivity contribution in [1.29, 1.82) is 0 Å². The zero-order chi connectivity index (χ0) is 14.6. The molecule has 0 amide bonds. The van der Waals surface area contributed by atoms with Crippen molar-refractivity contribution in [2.24, 2.45) is 16.3 Å². The molecule has 0 aromatic carbocycles. The van der Waals surface area contributed by atoms with E-state index in [9.17, 15) is 0 Å². The van der Waals surface area contributed by atoms with E-state index in [4.69, 9.17) is 4.99 Å². The molecule has 0 unspecified atom stereocenters. The standard InChI is InChI=1S/C17H32N2S/c1-5-17(6-2)13-20-15(19-17)18-12-16(11-14(3)4)9-7-8-10-16/h14H,5-13H2,1-4H3,(H,18,19). The van der Waals surface area contributed by atoms with Gasteiger partial charge in [0, 0.05) is 17.8 Å². The number of nitrogens with one attached hydrogen (secondary N) is 1. The monoisotopic (exact) mass is 296 g/mol. The molecule has 0 atom stereocenters. The van der Waals surface area contributed by atoms with Crippen molar-refractivity contribution in [2.45, 2.75) is 78.2 Å². The summed E-state index contributed by atoms with van der Waals surface area (Å²) in [6.07, 6.45) is 9.34. The Bertz CT molecular complexity index is 339. The summed E-state index contributed by atoms with van der Waals surface area (Å²) in [4.78, 5) is 4.99. The largest absolute Gasteiger partial charge is 0.359 e. The summed E-state index contributed by atoms with van der Waals surface area (Å²) in [5, 5.41) is 4.92. The maximum absolute atomic E-state index is 4.99. The van der Waals surface area contributed by atoms with Crippen LogP contribution in [0.2, 0.25) is 0 Å². The Morgan fingerprint density at radius 3 is 2.35 bits per heavy atom. The number of hydrogen-bond acceptors (Lipinski definition) is 2. The van der Waals surface area contributed by atoms with Gasteiger partial charge in [-0.15, -0.1) is 0 Å². The fraction of sp³-hybridized carbons (Fsp3) is 0.941. The number of amidine groups is 1. The number of rotatable bonds is 6. The molecule has 1 aliphatic heterocycles. The molecule has 0 spiro atoms. The van der Waals surface area contributed by atoms with Gasteiger partial charge < -0.3 is 5.32 Å². The van der Waals surface area contributed by atoms with Crippen LogP contribution in [0.15, 0.2) is 4.99 Å². The van der Waals surface area contributed by atoms with Crippen LogP contribution in [-0.2, 0) is 0 Å². The van der Waals surface area contributed by atoms with Crippen molar-refractivity contribution in [1.82, 2.24) is 5.32 Å². The molecule has 1 heterocycles. The summed E-state index contributed by atoms with van der Waals surface area (Å²) in [7, 11) is 0. The average molecular weight is 297 g/mol.